The monoisotopic (exact) mass is 2280 g/mol. The molecule has 9 N–H and O–H groups in total. The van der Waals surface area contributed by atoms with Crippen molar-refractivity contribution in [3.63, 3.8) is 0 Å². The van der Waals surface area contributed by atoms with Gasteiger partial charge < -0.3 is 78.9 Å². The van der Waals surface area contributed by atoms with Gasteiger partial charge in [-0.25, -0.2) is 32.3 Å². The molecule has 0 fully saturated rings. The number of benzene rings is 12. The van der Waals surface area contributed by atoms with Gasteiger partial charge in [0.25, 0.3) is 0 Å². The number of halogens is 11. The number of nitrogens with zero attached hydrogens (tertiary/aromatic N) is 4. The number of methoxy groups -OCH3 is 2. The number of nitrogens with one attached hydrogen (secondary N) is 8. The largest absolute Gasteiger partial charge is 0.513 e. The number of aromatic nitrogens is 6. The first-order chi connectivity index (χ1) is 71.7. The van der Waals surface area contributed by atoms with Crippen molar-refractivity contribution in [2.24, 2.45) is 0 Å². The van der Waals surface area contributed by atoms with Crippen LogP contribution in [0.25, 0.3) is 65.4 Å². The minimum atomic E-state index is -0.960. The number of hydroxylamine groups is 2. The summed E-state index contributed by atoms with van der Waals surface area (Å²) in [6, 6.07) is 73.9. The zero-order valence-corrected chi connectivity index (χ0v) is 88.6. The van der Waals surface area contributed by atoms with Crippen molar-refractivity contribution >= 4 is 196 Å². The second-order valence-electron chi connectivity index (χ2n) is 36.3. The molecule has 18 aromatic rings. The number of fused-ring (bicyclic) bond motifs is 19. The standard InChI is InChI=1S/C23H23ClN2O5.C20H17ClN2O4.C19H15ClF2N2O2.C17H13BrClFN2.C17H14BrClN2.C17H15BrN2O/c1-3-29-22(27)26-12-11-17-18-13-15(24)7-10-19(18)25-20(17)21(26)14-5-8-16(9-6-14)31-23(28)30-4-2;1-25-20(24)23-7-6-13-14-9-12(21)3-4-15(14)22-18(13)19(23)11-2-5-16-17(8-11)27-10-26-16;1-26-19(25)24-7-6-12-13-9-11(20)3-5-16(13)23-17(12)18(24)10-2-4-14(21)15(22)8-10;18-9-1-4-15-13(7-9)11-5-6-21-16(17(11)22-15)12-3-2-10(20)8-14(12)19;18-11-4-5-15-14(9-11)13-6-7-20-16(17(13)21-15)10-2-1-3-12(19)8-10;18-12-6-7-15-14(10-12)13-8-9-20(21)17(16(13)19-15)11-4-2-1-3-5-11/h5-10,13,21,25H,3-4,11-12H2,1-2H3;2-5,8-9,19,22H,6-7,10H2,1H3;2-5,8-9,18,23H,6-7H2,1H3;1-4,7-8,16,21-22H,5-6H2;1-5,8-9,16,20-21H,6-7H2;1-7,10,17,19,21H,8-9H2. The van der Waals surface area contributed by atoms with E-state index in [9.17, 15) is 37.6 Å². The number of amides is 3. The first-order valence-electron chi connectivity index (χ1n) is 48.1. The lowest BCUT2D eigenvalue weighted by Gasteiger charge is -2.35. The van der Waals surface area contributed by atoms with Gasteiger partial charge in [0.05, 0.1) is 39.5 Å². The van der Waals surface area contributed by atoms with Crippen LogP contribution in [-0.2, 0) is 57.5 Å². The molecule has 13 heterocycles. The maximum Gasteiger partial charge on any atom is 0.513 e. The zero-order chi connectivity index (χ0) is 103. The van der Waals surface area contributed by atoms with Gasteiger partial charge in [-0.1, -0.05) is 179 Å². The van der Waals surface area contributed by atoms with Crippen LogP contribution < -0.4 is 24.8 Å². The van der Waals surface area contributed by atoms with Gasteiger partial charge in [0, 0.05) is 177 Å². The minimum absolute atomic E-state index is 0.0389. The van der Waals surface area contributed by atoms with Crippen molar-refractivity contribution in [3.05, 3.63) is 400 Å². The Morgan fingerprint density at radius 3 is 1.28 bits per heavy atom. The number of carbonyl (C=O) groups excluding carboxylic acids is 4. The Bertz CT molecular complexity index is 8110. The fourth-order valence-electron chi connectivity index (χ4n) is 21.2. The van der Waals surface area contributed by atoms with E-state index in [0.29, 0.717) is 88.5 Å². The SMILES string of the molecule is CCOC(=O)Oc1ccc(C2c3[nH]c4ccc(Cl)cc4c3CCN2C(=O)OCC)cc1.COC(=O)N1CCc2c([nH]c3ccc(Cl)cc23)C1c1ccc(F)c(F)c1.COC(=O)N1CCc2c([nH]c3ccc(Cl)cc23)C1c1ccc2c(c1)OCO2.Clc1cccc(C2NCCc3c2[nH]c2ccc(Br)cc32)c1.Fc1ccc(C2NCCc3c2[nH]c2ccc(Br)cc32)c(Cl)c1.ON1CCc2c([nH]c3ccc(Br)cc23)C1c1ccccc1. The lowest BCUT2D eigenvalue weighted by Crippen LogP contribution is -2.40. The third kappa shape index (κ3) is 21.1. The van der Waals surface area contributed by atoms with Gasteiger partial charge in [0.1, 0.15) is 35.7 Å². The van der Waals surface area contributed by atoms with E-state index in [2.05, 4.69) is 149 Å². The molecule has 0 saturated carbocycles. The Morgan fingerprint density at radius 1 is 0.378 bits per heavy atom. The van der Waals surface area contributed by atoms with Crippen molar-refractivity contribution in [3.8, 4) is 17.2 Å². The average Bonchev–Trinajstić information content (AvgIpc) is 1.60. The van der Waals surface area contributed by atoms with Crippen LogP contribution in [0.5, 0.6) is 17.2 Å². The number of ether oxygens (including phenoxy) is 7. The predicted molar refractivity (Wildman–Crippen MR) is 580 cm³/mol. The summed E-state index contributed by atoms with van der Waals surface area (Å²) >= 11 is 41.6. The van der Waals surface area contributed by atoms with Gasteiger partial charge in [-0.3, -0.25) is 14.7 Å². The number of hydrogen-bond acceptors (Lipinski definition) is 15. The van der Waals surface area contributed by atoms with E-state index >= 15 is 0 Å². The summed E-state index contributed by atoms with van der Waals surface area (Å²) < 4.78 is 80.0. The molecule has 35 heteroatoms. The maximum absolute atomic E-state index is 13.8. The van der Waals surface area contributed by atoms with Crippen LogP contribution in [0.1, 0.15) is 151 Å². The molecular weight excluding hydrogens is 2190 g/mol. The summed E-state index contributed by atoms with van der Waals surface area (Å²) in [7, 11) is 2.70. The molecule has 7 aliphatic rings. The Morgan fingerprint density at radius 2 is 0.791 bits per heavy atom. The van der Waals surface area contributed by atoms with E-state index in [-0.39, 0.29) is 61.6 Å². The molecule has 6 unspecified atom stereocenters. The van der Waals surface area contributed by atoms with Gasteiger partial charge >= 0.3 is 24.4 Å². The molecule has 6 aromatic heterocycles. The van der Waals surface area contributed by atoms with Crippen LogP contribution in [0.15, 0.2) is 256 Å². The highest BCUT2D eigenvalue weighted by atomic mass is 79.9. The van der Waals surface area contributed by atoms with Crippen molar-refractivity contribution < 1.29 is 70.7 Å². The molecule has 6 atom stereocenters. The third-order valence-electron chi connectivity index (χ3n) is 27.7. The fourth-order valence-corrected chi connectivity index (χ4v) is 23.2. The molecule has 0 aliphatic carbocycles. The first kappa shape index (κ1) is 102. The molecule has 24 nitrogen and oxygen atoms in total. The molecule has 148 heavy (non-hydrogen) atoms. The van der Waals surface area contributed by atoms with Gasteiger partial charge in [-0.2, -0.15) is 5.06 Å². The predicted octanol–water partition coefficient (Wildman–Crippen LogP) is 28.6. The molecule has 0 spiro atoms. The summed E-state index contributed by atoms with van der Waals surface area (Å²) in [6.07, 6.45) is 2.86. The summed E-state index contributed by atoms with van der Waals surface area (Å²) in [5.74, 6) is -0.447. The smallest absolute Gasteiger partial charge is 0.454 e. The summed E-state index contributed by atoms with van der Waals surface area (Å²) in [6.45, 7) is 8.18. The lowest BCUT2D eigenvalue weighted by atomic mass is 9.92. The summed E-state index contributed by atoms with van der Waals surface area (Å²) in [5, 5.41) is 28.9. The number of carbonyl (C=O) groups is 4. The van der Waals surface area contributed by atoms with Crippen molar-refractivity contribution in [1.82, 2.24) is 60.3 Å². The molecule has 0 bridgehead atoms. The Hall–Kier alpha value is -12.9. The Balaban J connectivity index is 0.000000108. The number of H-pyrrole nitrogens is 6. The number of hydrogen-bond donors (Lipinski definition) is 9. The molecule has 758 valence electrons. The van der Waals surface area contributed by atoms with Crippen molar-refractivity contribution in [2.75, 3.05) is 73.5 Å². The average molecular weight is 2290 g/mol. The second kappa shape index (κ2) is 44.5. The third-order valence-corrected chi connectivity index (χ3v) is 30.4. The topological polar surface area (TPSA) is 285 Å². The van der Waals surface area contributed by atoms with E-state index in [1.54, 1.807) is 47.9 Å². The normalized spacial score (nSPS) is 17.3. The van der Waals surface area contributed by atoms with E-state index in [0.717, 1.165) is 175 Å². The van der Waals surface area contributed by atoms with Gasteiger partial charge in [0.15, 0.2) is 23.1 Å². The Labute approximate surface area is 898 Å². The van der Waals surface area contributed by atoms with Crippen molar-refractivity contribution in [1.29, 1.82) is 0 Å². The molecule has 0 saturated heterocycles. The Kier molecular flexibility index (Phi) is 30.7. The number of rotatable bonds is 9. The van der Waals surface area contributed by atoms with Crippen LogP contribution >= 0.6 is 106 Å². The number of aromatic amines is 6. The fraction of sp³-hybridized carbons (Fsp3) is 0.221. The van der Waals surface area contributed by atoms with E-state index < -0.39 is 29.9 Å². The van der Waals surface area contributed by atoms with Crippen LogP contribution in [-0.4, -0.2) is 153 Å². The molecular formula is C113H97Br3Cl5F3N12O12. The maximum atomic E-state index is 13.8. The van der Waals surface area contributed by atoms with Gasteiger partial charge in [-0.05, 0) is 289 Å². The van der Waals surface area contributed by atoms with Crippen molar-refractivity contribution in [2.45, 2.75) is 88.6 Å². The van der Waals surface area contributed by atoms with Crippen LogP contribution in [0.4, 0.5) is 32.3 Å². The molecule has 0 radical (unpaired) electrons. The minimum Gasteiger partial charge on any atom is -0.454 e. The summed E-state index contributed by atoms with van der Waals surface area (Å²) in [4.78, 5) is 74.9. The molecule has 3 amide bonds. The van der Waals surface area contributed by atoms with E-state index in [1.165, 1.54) is 97.6 Å². The van der Waals surface area contributed by atoms with E-state index in [4.69, 9.17) is 91.2 Å². The van der Waals surface area contributed by atoms with E-state index in [1.807, 2.05) is 127 Å². The quantitative estimate of drug-likeness (QED) is 0.0369. The van der Waals surface area contributed by atoms with Crippen LogP contribution in [0.2, 0.25) is 25.1 Å². The highest BCUT2D eigenvalue weighted by Gasteiger charge is 2.41. The lowest BCUT2D eigenvalue weighted by molar-refractivity contribution is -0.122. The highest BCUT2D eigenvalue weighted by molar-refractivity contribution is 9.11. The zero-order valence-electron chi connectivity index (χ0n) is 80.0. The second-order valence-corrected chi connectivity index (χ2v) is 41.2. The van der Waals surface area contributed by atoms with Crippen LogP contribution in [0.3, 0.4) is 0 Å². The van der Waals surface area contributed by atoms with Gasteiger partial charge in [-0.15, -0.1) is 0 Å². The first-order valence-corrected chi connectivity index (χ1v) is 52.4. The molecule has 25 rings (SSSR count). The van der Waals surface area contributed by atoms with Gasteiger partial charge in [0.2, 0.25) is 6.79 Å². The highest BCUT2D eigenvalue weighted by Crippen LogP contribution is 2.48. The molecule has 7 aliphatic heterocycles. The summed E-state index contributed by atoms with van der Waals surface area (Å²) in [5.41, 5.74) is 25.2. The molecule has 12 aromatic carbocycles. The van der Waals surface area contributed by atoms with Crippen LogP contribution in [0, 0.1) is 17.5 Å².